The molecule has 30 heavy (non-hydrogen) atoms. The maximum Gasteiger partial charge on any atom is 0.255 e. The second kappa shape index (κ2) is 7.71. The lowest BCUT2D eigenvalue weighted by molar-refractivity contribution is 0.0951. The standard InChI is InChI=1S/C23H18N4O3/c28-23(25-12-16-8-9-20-21(11-16)30-15-29-20)19-14-27(18-6-2-1-3-7-18)26-22(19)17-5-4-10-24-13-17/h1-11,13-14H,12,15H2,(H,25,28). The third-order valence-electron chi connectivity index (χ3n) is 4.80. The van der Waals surface area contributed by atoms with Gasteiger partial charge in [0.1, 0.15) is 5.69 Å². The first kappa shape index (κ1) is 17.9. The summed E-state index contributed by atoms with van der Waals surface area (Å²) < 4.78 is 12.4. The van der Waals surface area contributed by atoms with Gasteiger partial charge in [-0.2, -0.15) is 5.10 Å². The highest BCUT2D eigenvalue weighted by Crippen LogP contribution is 2.32. The number of benzene rings is 2. The number of carbonyl (C=O) groups excluding carboxylic acids is 1. The molecule has 7 nitrogen and oxygen atoms in total. The van der Waals surface area contributed by atoms with Gasteiger partial charge >= 0.3 is 0 Å². The summed E-state index contributed by atoms with van der Waals surface area (Å²) >= 11 is 0. The number of hydrogen-bond donors (Lipinski definition) is 1. The van der Waals surface area contributed by atoms with E-state index in [0.29, 0.717) is 29.3 Å². The van der Waals surface area contributed by atoms with Crippen molar-refractivity contribution in [3.05, 3.63) is 90.4 Å². The Balaban J connectivity index is 1.43. The SMILES string of the molecule is O=C(NCc1ccc2c(c1)OCO2)c1cn(-c2ccccc2)nc1-c1cccnc1. The smallest absolute Gasteiger partial charge is 0.255 e. The van der Waals surface area contributed by atoms with Crippen LogP contribution in [0.3, 0.4) is 0 Å². The molecule has 0 saturated carbocycles. The maximum absolute atomic E-state index is 13.0. The summed E-state index contributed by atoms with van der Waals surface area (Å²) in [6.07, 6.45) is 5.13. The van der Waals surface area contributed by atoms with Gasteiger partial charge in [-0.3, -0.25) is 9.78 Å². The van der Waals surface area contributed by atoms with Crippen molar-refractivity contribution in [3.8, 4) is 28.4 Å². The van der Waals surface area contributed by atoms with E-state index in [-0.39, 0.29) is 12.7 Å². The highest BCUT2D eigenvalue weighted by molar-refractivity contribution is 5.99. The lowest BCUT2D eigenvalue weighted by Gasteiger charge is -2.06. The predicted molar refractivity (Wildman–Crippen MR) is 111 cm³/mol. The first-order valence-corrected chi connectivity index (χ1v) is 9.50. The molecule has 5 rings (SSSR count). The van der Waals surface area contributed by atoms with E-state index >= 15 is 0 Å². The minimum absolute atomic E-state index is 0.214. The molecule has 2 aromatic carbocycles. The van der Waals surface area contributed by atoms with Gasteiger partial charge in [0.25, 0.3) is 5.91 Å². The number of fused-ring (bicyclic) bond motifs is 1. The lowest BCUT2D eigenvalue weighted by Crippen LogP contribution is -2.23. The average Bonchev–Trinajstić information content (AvgIpc) is 3.46. The van der Waals surface area contributed by atoms with Crippen molar-refractivity contribution in [1.29, 1.82) is 0 Å². The van der Waals surface area contributed by atoms with Crippen molar-refractivity contribution in [2.75, 3.05) is 6.79 Å². The van der Waals surface area contributed by atoms with Crippen molar-refractivity contribution < 1.29 is 14.3 Å². The summed E-state index contributed by atoms with van der Waals surface area (Å²) in [7, 11) is 0. The van der Waals surface area contributed by atoms with Crippen LogP contribution in [0.15, 0.2) is 79.3 Å². The molecule has 1 amide bonds. The number of para-hydroxylation sites is 1. The lowest BCUT2D eigenvalue weighted by atomic mass is 10.1. The number of carbonyl (C=O) groups is 1. The molecular formula is C23H18N4O3. The Hall–Kier alpha value is -4.13. The summed E-state index contributed by atoms with van der Waals surface area (Å²) in [4.78, 5) is 17.2. The van der Waals surface area contributed by atoms with Gasteiger partial charge in [0, 0.05) is 30.7 Å². The van der Waals surface area contributed by atoms with E-state index in [1.165, 1.54) is 0 Å². The number of hydrogen-bond acceptors (Lipinski definition) is 5. The summed E-state index contributed by atoms with van der Waals surface area (Å²) in [6, 6.07) is 19.0. The molecule has 0 aliphatic carbocycles. The third-order valence-corrected chi connectivity index (χ3v) is 4.80. The molecule has 0 atom stereocenters. The van der Waals surface area contributed by atoms with Crippen molar-refractivity contribution in [2.24, 2.45) is 0 Å². The van der Waals surface area contributed by atoms with Crippen LogP contribution in [0.2, 0.25) is 0 Å². The zero-order valence-corrected chi connectivity index (χ0v) is 16.0. The normalized spacial score (nSPS) is 12.0. The van der Waals surface area contributed by atoms with Crippen LogP contribution in [0.5, 0.6) is 11.5 Å². The number of nitrogens with zero attached hydrogens (tertiary/aromatic N) is 3. The van der Waals surface area contributed by atoms with Crippen molar-refractivity contribution >= 4 is 5.91 Å². The molecule has 4 aromatic rings. The molecule has 2 aromatic heterocycles. The fraction of sp³-hybridized carbons (Fsp3) is 0.0870. The number of amides is 1. The number of aromatic nitrogens is 3. The van der Waals surface area contributed by atoms with Gasteiger partial charge in [-0.1, -0.05) is 24.3 Å². The zero-order valence-electron chi connectivity index (χ0n) is 16.0. The highest BCUT2D eigenvalue weighted by atomic mass is 16.7. The van der Waals surface area contributed by atoms with E-state index in [2.05, 4.69) is 15.4 Å². The Morgan fingerprint density at radius 3 is 2.73 bits per heavy atom. The van der Waals surface area contributed by atoms with Crippen LogP contribution in [-0.4, -0.2) is 27.5 Å². The molecule has 0 fully saturated rings. The van der Waals surface area contributed by atoms with E-state index < -0.39 is 0 Å². The van der Waals surface area contributed by atoms with Gasteiger partial charge < -0.3 is 14.8 Å². The number of pyridine rings is 1. The molecule has 3 heterocycles. The van der Waals surface area contributed by atoms with E-state index in [9.17, 15) is 4.79 Å². The molecule has 0 spiro atoms. The fourth-order valence-corrected chi connectivity index (χ4v) is 3.30. The van der Waals surface area contributed by atoms with E-state index in [4.69, 9.17) is 9.47 Å². The largest absolute Gasteiger partial charge is 0.454 e. The number of nitrogens with one attached hydrogen (secondary N) is 1. The Morgan fingerprint density at radius 2 is 1.90 bits per heavy atom. The monoisotopic (exact) mass is 398 g/mol. The molecule has 7 heteroatoms. The van der Waals surface area contributed by atoms with Gasteiger partial charge in [0.2, 0.25) is 6.79 Å². The zero-order chi connectivity index (χ0) is 20.3. The quantitative estimate of drug-likeness (QED) is 0.556. The molecular weight excluding hydrogens is 380 g/mol. The molecule has 1 aliphatic heterocycles. The van der Waals surface area contributed by atoms with Crippen LogP contribution in [0, 0.1) is 0 Å². The second-order valence-corrected chi connectivity index (χ2v) is 6.78. The van der Waals surface area contributed by atoms with Crippen LogP contribution >= 0.6 is 0 Å². The van der Waals surface area contributed by atoms with Crippen LogP contribution in [0.4, 0.5) is 0 Å². The molecule has 0 unspecified atom stereocenters. The van der Waals surface area contributed by atoms with Crippen molar-refractivity contribution in [2.45, 2.75) is 6.54 Å². The third kappa shape index (κ3) is 3.48. The fourth-order valence-electron chi connectivity index (χ4n) is 3.30. The maximum atomic E-state index is 13.0. The Bertz CT molecular complexity index is 1190. The summed E-state index contributed by atoms with van der Waals surface area (Å²) in [6.45, 7) is 0.580. The number of rotatable bonds is 5. The Kier molecular flexibility index (Phi) is 4.61. The average molecular weight is 398 g/mol. The number of ether oxygens (including phenoxy) is 2. The minimum atomic E-state index is -0.214. The minimum Gasteiger partial charge on any atom is -0.454 e. The van der Waals surface area contributed by atoms with Crippen LogP contribution in [-0.2, 0) is 6.54 Å². The first-order chi connectivity index (χ1) is 14.8. The van der Waals surface area contributed by atoms with Crippen LogP contribution in [0.25, 0.3) is 16.9 Å². The van der Waals surface area contributed by atoms with Crippen molar-refractivity contribution in [1.82, 2.24) is 20.1 Å². The van der Waals surface area contributed by atoms with Gasteiger partial charge in [-0.05, 0) is 42.0 Å². The van der Waals surface area contributed by atoms with Crippen LogP contribution in [0.1, 0.15) is 15.9 Å². The van der Waals surface area contributed by atoms with Gasteiger partial charge in [0.15, 0.2) is 11.5 Å². The molecule has 1 N–H and O–H groups in total. The topological polar surface area (TPSA) is 78.3 Å². The van der Waals surface area contributed by atoms with Gasteiger partial charge in [-0.15, -0.1) is 0 Å². The summed E-state index contributed by atoms with van der Waals surface area (Å²) in [5.41, 5.74) is 3.63. The highest BCUT2D eigenvalue weighted by Gasteiger charge is 2.19. The second-order valence-electron chi connectivity index (χ2n) is 6.78. The van der Waals surface area contributed by atoms with E-state index in [0.717, 1.165) is 16.8 Å². The Morgan fingerprint density at radius 1 is 1.03 bits per heavy atom. The molecule has 148 valence electrons. The molecule has 0 saturated heterocycles. The van der Waals surface area contributed by atoms with E-state index in [1.807, 2.05) is 60.7 Å². The van der Waals surface area contributed by atoms with Gasteiger partial charge in [-0.25, -0.2) is 4.68 Å². The summed E-state index contributed by atoms with van der Waals surface area (Å²) in [5.74, 6) is 1.19. The van der Waals surface area contributed by atoms with Gasteiger partial charge in [0.05, 0.1) is 11.3 Å². The Labute approximate surface area is 172 Å². The molecule has 1 aliphatic rings. The van der Waals surface area contributed by atoms with Crippen LogP contribution < -0.4 is 14.8 Å². The molecule has 0 bridgehead atoms. The first-order valence-electron chi connectivity index (χ1n) is 9.50. The predicted octanol–water partition coefficient (Wildman–Crippen LogP) is 3.59. The molecule has 0 radical (unpaired) electrons. The van der Waals surface area contributed by atoms with Crippen molar-refractivity contribution in [3.63, 3.8) is 0 Å². The van der Waals surface area contributed by atoms with E-state index in [1.54, 1.807) is 23.3 Å². The summed E-state index contributed by atoms with van der Waals surface area (Å²) in [5, 5.41) is 7.63.